The third-order valence-electron chi connectivity index (χ3n) is 12.1. The molecule has 0 radical (unpaired) electrons. The van der Waals surface area contributed by atoms with E-state index in [2.05, 4.69) is 43.5 Å². The number of aliphatic carboxylic acids is 2. The van der Waals surface area contributed by atoms with E-state index in [1.54, 1.807) is 50.4 Å². The van der Waals surface area contributed by atoms with Gasteiger partial charge in [-0.05, 0) is 50.7 Å². The number of carboxylic acids is 2. The molecule has 7 amide bonds. The van der Waals surface area contributed by atoms with Crippen LogP contribution in [0.1, 0.15) is 70.9 Å². The quantitative estimate of drug-likeness (QED) is 0.0384. The third kappa shape index (κ3) is 20.0. The monoisotopic (exact) mass is 1010 g/mol. The summed E-state index contributed by atoms with van der Waals surface area (Å²) in [6.45, 7) is 10.2. The summed E-state index contributed by atoms with van der Waals surface area (Å²) >= 11 is 0. The highest BCUT2D eigenvalue weighted by molar-refractivity contribution is 6.00. The van der Waals surface area contributed by atoms with E-state index in [9.17, 15) is 53.4 Å². The molecule has 0 aliphatic carbocycles. The van der Waals surface area contributed by atoms with Gasteiger partial charge in [0.15, 0.2) is 5.96 Å². The molecule has 22 nitrogen and oxygen atoms in total. The summed E-state index contributed by atoms with van der Waals surface area (Å²) in [5, 5.41) is 35.4. The fraction of sp³-hybridized carbons (Fsp3) is 0.451. The van der Waals surface area contributed by atoms with Crippen LogP contribution in [0.2, 0.25) is 0 Å². The second-order valence-corrected chi connectivity index (χ2v) is 17.9. The molecule has 0 unspecified atom stereocenters. The van der Waals surface area contributed by atoms with Crippen LogP contribution in [0.25, 0.3) is 0 Å². The minimum absolute atomic E-state index is 0.0205. The number of likely N-dealkylation sites (N-methyl/N-ethyl adjacent to an activating group) is 1. The van der Waals surface area contributed by atoms with Gasteiger partial charge in [-0.25, -0.2) is 9.59 Å². The Bertz CT molecular complexity index is 2370. The van der Waals surface area contributed by atoms with E-state index in [4.69, 9.17) is 16.2 Å². The first kappa shape index (κ1) is 59.4. The van der Waals surface area contributed by atoms with Gasteiger partial charge in [-0.2, -0.15) is 0 Å². The Kier molecular flexibility index (Phi) is 24.0. The number of methoxy groups -OCH3 is 1. The van der Waals surface area contributed by atoms with Crippen molar-refractivity contribution < 1.29 is 58.1 Å². The molecule has 2 aromatic rings. The van der Waals surface area contributed by atoms with Crippen molar-refractivity contribution in [1.82, 2.24) is 36.8 Å². The third-order valence-corrected chi connectivity index (χ3v) is 12.1. The van der Waals surface area contributed by atoms with E-state index in [0.29, 0.717) is 17.6 Å². The van der Waals surface area contributed by atoms with Crippen LogP contribution in [0.15, 0.2) is 102 Å². The summed E-state index contributed by atoms with van der Waals surface area (Å²) in [6, 6.07) is 9.24. The summed E-state index contributed by atoms with van der Waals surface area (Å²) in [4.78, 5) is 126. The standard InChI is InChI=1S/C51H70N10O12/c1-29(25-30(2)41(73-7)27-35-17-12-9-13-18-35)20-21-36-31(3)44(64)58-38(49(69)70)22-23-43(63)61(6)33(5)46(66)55-32(4)45(65)59-39(26-34-15-10-8-11-16-34)48(68)60-40(50(71)72)28-42(62)56-37(47(67)57-36)19-14-24-54-51(52)53/h8-13,15-18,20-21,25,30-32,36-41H,5,14,19,22-24,26-28H2,1-4,6-7H3,(H,55,66)(H,56,62)(H,57,67)(H,58,64)(H,59,65)(H,60,68)(H,69,70)(H,71,72)(H4,52,53,54)/b21-20+,29-25+/t30-,31-,32+,36-,37-,38+,39-,40+,41-/m0/s1. The molecule has 0 bridgehead atoms. The first-order chi connectivity index (χ1) is 34.5. The molecule has 1 saturated heterocycles. The number of carboxylic acid groups (broad SMARTS) is 2. The zero-order valence-electron chi connectivity index (χ0n) is 42.1. The van der Waals surface area contributed by atoms with E-state index in [1.165, 1.54) is 27.0 Å². The summed E-state index contributed by atoms with van der Waals surface area (Å²) in [6.07, 6.45) is 3.55. The average Bonchev–Trinajstić information content (AvgIpc) is 3.35. The Morgan fingerprint density at radius 3 is 2.00 bits per heavy atom. The highest BCUT2D eigenvalue weighted by Gasteiger charge is 2.34. The van der Waals surface area contributed by atoms with Crippen LogP contribution < -0.4 is 43.4 Å². The van der Waals surface area contributed by atoms with Gasteiger partial charge < -0.3 is 63.2 Å². The molecule has 1 aliphatic heterocycles. The number of aliphatic imine (C=N–C) groups is 1. The number of hydrogen-bond acceptors (Lipinski definition) is 11. The molecule has 9 atom stereocenters. The number of nitrogens with one attached hydrogen (secondary N) is 6. The Hall–Kier alpha value is -7.88. The predicted molar refractivity (Wildman–Crippen MR) is 271 cm³/mol. The molecular formula is C51H70N10O12. The number of amides is 7. The topological polar surface area (TPSA) is 343 Å². The molecule has 12 N–H and O–H groups in total. The van der Waals surface area contributed by atoms with Crippen molar-refractivity contribution in [2.24, 2.45) is 28.3 Å². The fourth-order valence-corrected chi connectivity index (χ4v) is 7.61. The van der Waals surface area contributed by atoms with E-state index in [1.807, 2.05) is 43.3 Å². The maximum atomic E-state index is 14.3. The minimum Gasteiger partial charge on any atom is -0.480 e. The van der Waals surface area contributed by atoms with Gasteiger partial charge in [-0.1, -0.05) is 105 Å². The lowest BCUT2D eigenvalue weighted by atomic mass is 9.94. The number of hydrogen-bond donors (Lipinski definition) is 10. The van der Waals surface area contributed by atoms with Crippen molar-refractivity contribution >= 4 is 59.2 Å². The smallest absolute Gasteiger partial charge is 0.326 e. The largest absolute Gasteiger partial charge is 0.480 e. The number of allylic oxidation sites excluding steroid dienone is 2. The van der Waals surface area contributed by atoms with Gasteiger partial charge in [0.2, 0.25) is 35.4 Å². The van der Waals surface area contributed by atoms with Crippen molar-refractivity contribution in [3.05, 3.63) is 108 Å². The van der Waals surface area contributed by atoms with Gasteiger partial charge >= 0.3 is 11.9 Å². The second kappa shape index (κ2) is 29.5. The van der Waals surface area contributed by atoms with Gasteiger partial charge in [0.25, 0.3) is 5.91 Å². The van der Waals surface area contributed by atoms with Crippen LogP contribution in [0.3, 0.4) is 0 Å². The molecule has 22 heteroatoms. The lowest BCUT2D eigenvalue weighted by Gasteiger charge is -2.27. The van der Waals surface area contributed by atoms with Crippen LogP contribution >= 0.6 is 0 Å². The molecule has 0 saturated carbocycles. The van der Waals surface area contributed by atoms with Gasteiger partial charge in [0, 0.05) is 39.5 Å². The maximum Gasteiger partial charge on any atom is 0.326 e. The molecule has 0 aromatic heterocycles. The fourth-order valence-electron chi connectivity index (χ4n) is 7.61. The first-order valence-electron chi connectivity index (χ1n) is 23.8. The number of carbonyl (C=O) groups excluding carboxylic acids is 7. The molecule has 1 fully saturated rings. The van der Waals surface area contributed by atoms with Gasteiger partial charge in [-0.3, -0.25) is 38.6 Å². The molecule has 73 heavy (non-hydrogen) atoms. The maximum absolute atomic E-state index is 14.3. The van der Waals surface area contributed by atoms with Gasteiger partial charge in [-0.15, -0.1) is 0 Å². The Morgan fingerprint density at radius 1 is 0.822 bits per heavy atom. The molecule has 3 rings (SSSR count). The van der Waals surface area contributed by atoms with Crippen molar-refractivity contribution in [3.63, 3.8) is 0 Å². The molecule has 1 aliphatic rings. The normalized spacial score (nSPS) is 23.8. The highest BCUT2D eigenvalue weighted by atomic mass is 16.5. The first-order valence-corrected chi connectivity index (χ1v) is 23.8. The van der Waals surface area contributed by atoms with Gasteiger partial charge in [0.05, 0.1) is 24.5 Å². The number of nitrogens with zero attached hydrogens (tertiary/aromatic N) is 2. The molecule has 0 spiro atoms. The lowest BCUT2D eigenvalue weighted by Crippen LogP contribution is -2.57. The Labute approximate surface area is 424 Å². The van der Waals surface area contributed by atoms with Crippen LogP contribution in [0, 0.1) is 11.8 Å². The SMILES string of the molecule is C=C1C(=O)N[C@H](C)C(=O)N[C@@H](Cc2ccccc2)C(=O)N[C@@H](C(=O)O)CC(=O)N[C@@H](CCCN=C(N)N)C(=O)N[C@@H](/C=C/C(C)=C/[C@H](C)[C@H](Cc2ccccc2)OC)[C@H](C)C(=O)N[C@@H](C(=O)O)CCC(=O)N1C. The van der Waals surface area contributed by atoms with Crippen molar-refractivity contribution in [1.29, 1.82) is 0 Å². The van der Waals surface area contributed by atoms with E-state index in [-0.39, 0.29) is 43.8 Å². The van der Waals surface area contributed by atoms with Crippen molar-refractivity contribution in [3.8, 4) is 0 Å². The van der Waals surface area contributed by atoms with Crippen LogP contribution in [-0.2, 0) is 60.7 Å². The summed E-state index contributed by atoms with van der Waals surface area (Å²) < 4.78 is 5.81. The minimum atomic E-state index is -1.89. The molecule has 396 valence electrons. The highest BCUT2D eigenvalue weighted by Crippen LogP contribution is 2.19. The van der Waals surface area contributed by atoms with Crippen molar-refractivity contribution in [2.75, 3.05) is 20.7 Å². The Balaban J connectivity index is 2.10. The number of rotatable bonds is 15. The number of carbonyl (C=O) groups is 9. The second-order valence-electron chi connectivity index (χ2n) is 17.9. The Morgan fingerprint density at radius 2 is 1.41 bits per heavy atom. The van der Waals surface area contributed by atoms with Crippen LogP contribution in [0.5, 0.6) is 0 Å². The average molecular weight is 1020 g/mol. The molecule has 2 aromatic carbocycles. The van der Waals surface area contributed by atoms with Crippen molar-refractivity contribution in [2.45, 2.75) is 115 Å². The van der Waals surface area contributed by atoms with Crippen LogP contribution in [-0.4, -0.2) is 137 Å². The number of ether oxygens (including phenoxy) is 1. The summed E-state index contributed by atoms with van der Waals surface area (Å²) in [5.41, 5.74) is 12.9. The summed E-state index contributed by atoms with van der Waals surface area (Å²) in [5.74, 6) is -11.0. The van der Waals surface area contributed by atoms with E-state index >= 15 is 0 Å². The lowest BCUT2D eigenvalue weighted by molar-refractivity contribution is -0.144. The summed E-state index contributed by atoms with van der Waals surface area (Å²) in [7, 11) is 2.82. The number of benzene rings is 2. The molecule has 1 heterocycles. The number of nitrogens with two attached hydrogens (primary N) is 2. The van der Waals surface area contributed by atoms with Crippen LogP contribution in [0.4, 0.5) is 0 Å². The number of guanidine groups is 1. The van der Waals surface area contributed by atoms with E-state index in [0.717, 1.165) is 10.5 Å². The molecular weight excluding hydrogens is 945 g/mol. The zero-order valence-corrected chi connectivity index (χ0v) is 42.1. The van der Waals surface area contributed by atoms with Gasteiger partial charge in [0.1, 0.15) is 35.9 Å². The zero-order chi connectivity index (χ0) is 54.4. The predicted octanol–water partition coefficient (Wildman–Crippen LogP) is 0.569. The van der Waals surface area contributed by atoms with E-state index < -0.39 is 120 Å².